The molecule has 3 rings (SSSR count). The third-order valence-corrected chi connectivity index (χ3v) is 4.04. The highest BCUT2D eigenvalue weighted by Gasteiger charge is 2.31. The van der Waals surface area contributed by atoms with Gasteiger partial charge in [-0.15, -0.1) is 19.0 Å². The second-order valence-corrected chi connectivity index (χ2v) is 6.14. The summed E-state index contributed by atoms with van der Waals surface area (Å²) in [5.41, 5.74) is 3.09. The van der Waals surface area contributed by atoms with Gasteiger partial charge in [0.1, 0.15) is 0 Å². The lowest BCUT2D eigenvalue weighted by Gasteiger charge is -2.39. The molecule has 1 atom stereocenters. The third kappa shape index (κ3) is 2.61. The summed E-state index contributed by atoms with van der Waals surface area (Å²) in [6.07, 6.45) is 4.07. The summed E-state index contributed by atoms with van der Waals surface area (Å²) in [6.45, 7) is 8.47. The van der Waals surface area contributed by atoms with Crippen molar-refractivity contribution in [2.45, 2.75) is 38.3 Å². The normalized spacial score (nSPS) is 20.0. The Morgan fingerprint density at radius 2 is 2.00 bits per heavy atom. The van der Waals surface area contributed by atoms with Gasteiger partial charge in [-0.3, -0.25) is 0 Å². The van der Waals surface area contributed by atoms with E-state index in [-0.39, 0.29) is 17.9 Å². The van der Waals surface area contributed by atoms with Crippen LogP contribution in [0.15, 0.2) is 49.1 Å². The maximum Gasteiger partial charge on any atom is 0.0362 e. The Labute approximate surface area is 127 Å². The molecule has 106 valence electrons. The molecular formula is C18H22ClN. The first-order valence-corrected chi connectivity index (χ1v) is 7.00. The van der Waals surface area contributed by atoms with Crippen LogP contribution in [0.3, 0.4) is 0 Å². The van der Waals surface area contributed by atoms with Crippen molar-refractivity contribution in [3.8, 4) is 0 Å². The van der Waals surface area contributed by atoms with Crippen molar-refractivity contribution in [1.29, 1.82) is 0 Å². The quantitative estimate of drug-likeness (QED) is 0.782. The van der Waals surface area contributed by atoms with Gasteiger partial charge in [0.25, 0.3) is 0 Å². The van der Waals surface area contributed by atoms with Crippen LogP contribution in [-0.2, 0) is 6.42 Å². The van der Waals surface area contributed by atoms with Gasteiger partial charge >= 0.3 is 0 Å². The molecule has 1 unspecified atom stereocenters. The van der Waals surface area contributed by atoms with Crippen LogP contribution < -0.4 is 5.32 Å². The lowest BCUT2D eigenvalue weighted by Crippen LogP contribution is -2.47. The van der Waals surface area contributed by atoms with Crippen molar-refractivity contribution in [1.82, 2.24) is 5.32 Å². The molecule has 1 aliphatic rings. The number of benzene rings is 2. The van der Waals surface area contributed by atoms with Crippen LogP contribution in [0.4, 0.5) is 0 Å². The molecule has 0 amide bonds. The number of fused-ring (bicyclic) bond motifs is 3. The fourth-order valence-corrected chi connectivity index (χ4v) is 3.27. The zero-order valence-corrected chi connectivity index (χ0v) is 13.0. The lowest BCUT2D eigenvalue weighted by atomic mass is 9.80. The van der Waals surface area contributed by atoms with E-state index in [1.54, 1.807) is 0 Å². The van der Waals surface area contributed by atoms with Crippen LogP contribution >= 0.6 is 12.4 Å². The van der Waals surface area contributed by atoms with E-state index >= 15 is 0 Å². The number of rotatable bonds is 2. The highest BCUT2D eigenvalue weighted by molar-refractivity contribution is 5.87. The second kappa shape index (κ2) is 5.59. The minimum Gasteiger partial charge on any atom is -0.304 e. The van der Waals surface area contributed by atoms with Crippen LogP contribution in [0.5, 0.6) is 0 Å². The molecule has 0 aliphatic carbocycles. The summed E-state index contributed by atoms with van der Waals surface area (Å²) < 4.78 is 0. The Hall–Kier alpha value is -1.31. The van der Waals surface area contributed by atoms with E-state index in [1.807, 2.05) is 6.08 Å². The highest BCUT2D eigenvalue weighted by atomic mass is 35.5. The topological polar surface area (TPSA) is 12.0 Å². The molecule has 1 nitrogen and oxygen atoms in total. The second-order valence-electron chi connectivity index (χ2n) is 6.14. The minimum absolute atomic E-state index is 0. The highest BCUT2D eigenvalue weighted by Crippen LogP contribution is 2.36. The van der Waals surface area contributed by atoms with Crippen LogP contribution in [0.1, 0.15) is 37.4 Å². The summed E-state index contributed by atoms with van der Waals surface area (Å²) in [5, 5.41) is 6.49. The van der Waals surface area contributed by atoms with E-state index in [2.05, 4.69) is 62.1 Å². The van der Waals surface area contributed by atoms with Gasteiger partial charge in [0, 0.05) is 11.6 Å². The van der Waals surface area contributed by atoms with Crippen LogP contribution in [0, 0.1) is 0 Å². The van der Waals surface area contributed by atoms with Gasteiger partial charge in [-0.25, -0.2) is 0 Å². The molecule has 0 fully saturated rings. The molecule has 0 aromatic heterocycles. The van der Waals surface area contributed by atoms with Crippen molar-refractivity contribution in [3.63, 3.8) is 0 Å². The Bertz CT molecular complexity index is 630. The maximum absolute atomic E-state index is 3.90. The zero-order valence-electron chi connectivity index (χ0n) is 12.1. The monoisotopic (exact) mass is 287 g/mol. The molecule has 2 aromatic carbocycles. The van der Waals surface area contributed by atoms with E-state index in [0.29, 0.717) is 6.04 Å². The Balaban J connectivity index is 0.00000147. The third-order valence-electron chi connectivity index (χ3n) is 4.04. The average molecular weight is 288 g/mol. The molecule has 20 heavy (non-hydrogen) atoms. The molecule has 1 heterocycles. The first-order chi connectivity index (χ1) is 9.11. The van der Waals surface area contributed by atoms with Gasteiger partial charge in [0.15, 0.2) is 0 Å². The Morgan fingerprint density at radius 3 is 2.75 bits per heavy atom. The molecule has 0 radical (unpaired) electrons. The zero-order chi connectivity index (χ0) is 13.5. The van der Waals surface area contributed by atoms with Gasteiger partial charge in [0.05, 0.1) is 0 Å². The fraction of sp³-hybridized carbons (Fsp3) is 0.333. The number of nitrogens with one attached hydrogen (secondary N) is 1. The Morgan fingerprint density at radius 1 is 1.25 bits per heavy atom. The molecule has 0 saturated heterocycles. The van der Waals surface area contributed by atoms with Gasteiger partial charge in [-0.05, 0) is 48.6 Å². The number of hydrogen-bond donors (Lipinski definition) is 1. The molecule has 1 N–H and O–H groups in total. The van der Waals surface area contributed by atoms with Gasteiger partial charge in [-0.1, -0.05) is 42.5 Å². The summed E-state index contributed by atoms with van der Waals surface area (Å²) in [4.78, 5) is 0. The van der Waals surface area contributed by atoms with E-state index in [1.165, 1.54) is 21.9 Å². The average Bonchev–Trinajstić information content (AvgIpc) is 2.38. The van der Waals surface area contributed by atoms with E-state index in [0.717, 1.165) is 12.8 Å². The summed E-state index contributed by atoms with van der Waals surface area (Å²) in [6, 6.07) is 13.6. The van der Waals surface area contributed by atoms with Crippen LogP contribution in [0.25, 0.3) is 10.8 Å². The van der Waals surface area contributed by atoms with Crippen LogP contribution in [-0.4, -0.2) is 5.54 Å². The maximum atomic E-state index is 3.90. The molecule has 0 saturated carbocycles. The lowest BCUT2D eigenvalue weighted by molar-refractivity contribution is 0.312. The van der Waals surface area contributed by atoms with Crippen molar-refractivity contribution in [2.75, 3.05) is 0 Å². The molecule has 0 bridgehead atoms. The number of halogens is 1. The van der Waals surface area contributed by atoms with Gasteiger partial charge in [-0.2, -0.15) is 0 Å². The summed E-state index contributed by atoms with van der Waals surface area (Å²) >= 11 is 0. The summed E-state index contributed by atoms with van der Waals surface area (Å²) in [5.74, 6) is 0. The smallest absolute Gasteiger partial charge is 0.0362 e. The molecule has 2 aromatic rings. The predicted octanol–water partition coefficient (Wildman–Crippen LogP) is 4.80. The van der Waals surface area contributed by atoms with Crippen molar-refractivity contribution < 1.29 is 0 Å². The molecular weight excluding hydrogens is 266 g/mol. The van der Waals surface area contributed by atoms with Crippen LogP contribution in [0.2, 0.25) is 0 Å². The Kier molecular flexibility index (Phi) is 4.22. The van der Waals surface area contributed by atoms with Crippen molar-refractivity contribution >= 4 is 23.2 Å². The predicted molar refractivity (Wildman–Crippen MR) is 89.7 cm³/mol. The molecule has 2 heteroatoms. The summed E-state index contributed by atoms with van der Waals surface area (Å²) in [7, 11) is 0. The standard InChI is InChI=1S/C18H21N.ClH/c1-4-7-17-15-11-10-13-8-5-6-9-14(13)16(15)12-18(2,3)19-17;/h4-6,8-11,17,19H,1,7,12H2,2-3H3;1H. The van der Waals surface area contributed by atoms with E-state index in [4.69, 9.17) is 0 Å². The molecule has 0 spiro atoms. The minimum atomic E-state index is 0. The first-order valence-electron chi connectivity index (χ1n) is 7.00. The van der Waals surface area contributed by atoms with Gasteiger partial charge < -0.3 is 5.32 Å². The van der Waals surface area contributed by atoms with E-state index < -0.39 is 0 Å². The van der Waals surface area contributed by atoms with E-state index in [9.17, 15) is 0 Å². The SMILES string of the molecule is C=CCC1NC(C)(C)Cc2c1ccc1ccccc21.Cl. The van der Waals surface area contributed by atoms with Crippen molar-refractivity contribution in [3.05, 3.63) is 60.2 Å². The van der Waals surface area contributed by atoms with Gasteiger partial charge in [0.2, 0.25) is 0 Å². The molecule has 1 aliphatic heterocycles. The first kappa shape index (κ1) is 15.1. The van der Waals surface area contributed by atoms with Crippen molar-refractivity contribution in [2.24, 2.45) is 0 Å². The number of hydrogen-bond acceptors (Lipinski definition) is 1. The fourth-order valence-electron chi connectivity index (χ4n) is 3.27. The largest absolute Gasteiger partial charge is 0.304 e.